The van der Waals surface area contributed by atoms with E-state index in [4.69, 9.17) is 19.3 Å². The van der Waals surface area contributed by atoms with Gasteiger partial charge in [-0.1, -0.05) is 34.2 Å². The molecule has 0 saturated carbocycles. The van der Waals surface area contributed by atoms with Gasteiger partial charge in [-0.3, -0.25) is 0 Å². The van der Waals surface area contributed by atoms with Crippen LogP contribution in [0.5, 0.6) is 0 Å². The minimum Gasteiger partial charge on any atom is -0.438 e. The quantitative estimate of drug-likeness (QED) is 0.515. The second-order valence-corrected chi connectivity index (χ2v) is 20.5. The molecule has 0 heterocycles. The van der Waals surface area contributed by atoms with Gasteiger partial charge in [0.15, 0.2) is 16.6 Å². The van der Waals surface area contributed by atoms with Gasteiger partial charge in [0.05, 0.1) is 0 Å². The molecule has 0 saturated heterocycles. The lowest BCUT2D eigenvalue weighted by atomic mass is 10.6. The van der Waals surface area contributed by atoms with Crippen molar-refractivity contribution in [2.45, 2.75) is 78.1 Å². The van der Waals surface area contributed by atoms with Crippen molar-refractivity contribution in [3.63, 3.8) is 0 Å². The van der Waals surface area contributed by atoms with E-state index < -0.39 is 25.9 Å². The highest BCUT2D eigenvalue weighted by Crippen LogP contribution is 2.26. The summed E-state index contributed by atoms with van der Waals surface area (Å²) in [6, 6.07) is 0. The normalized spacial score (nSPS) is 13.6. The molecule has 0 spiro atoms. The third-order valence-electron chi connectivity index (χ3n) is 3.72. The molecule has 2 nitrogen and oxygen atoms in total. The monoisotopic (exact) mass is 358 g/mol. The molecule has 118 valence electrons. The van der Waals surface area contributed by atoms with Gasteiger partial charge in [0, 0.05) is 0 Å². The smallest absolute Gasteiger partial charge is 0.297 e. The van der Waals surface area contributed by atoms with Crippen LogP contribution in [0.4, 0.5) is 0 Å². The van der Waals surface area contributed by atoms with Crippen molar-refractivity contribution in [3.05, 3.63) is 0 Å². The summed E-state index contributed by atoms with van der Waals surface area (Å²) in [6.45, 7) is 22.5. The number of halogens is 1. The van der Waals surface area contributed by atoms with E-state index in [9.17, 15) is 0 Å². The van der Waals surface area contributed by atoms with Crippen LogP contribution >= 0.6 is 11.1 Å². The predicted octanol–water partition coefficient (Wildman–Crippen LogP) is 4.46. The second-order valence-electron chi connectivity index (χ2n) is 6.59. The van der Waals surface area contributed by atoms with Gasteiger partial charge in [-0.05, 0) is 43.8 Å². The number of hydrogen-bond donors (Lipinski definition) is 0. The molecule has 0 rings (SSSR count). The maximum atomic E-state index is 6.28. The topological polar surface area (TPSA) is 18.5 Å². The molecule has 0 fully saturated rings. The van der Waals surface area contributed by atoms with Gasteiger partial charge in [0.25, 0.3) is 9.28 Å². The first-order valence-electron chi connectivity index (χ1n) is 7.32. The number of hydrogen-bond acceptors (Lipinski definition) is 2. The van der Waals surface area contributed by atoms with Crippen molar-refractivity contribution in [1.29, 1.82) is 0 Å². The van der Waals surface area contributed by atoms with Crippen molar-refractivity contribution in [3.8, 4) is 0 Å². The lowest BCUT2D eigenvalue weighted by Gasteiger charge is -2.35. The van der Waals surface area contributed by atoms with Crippen molar-refractivity contribution in [2.75, 3.05) is 0 Å². The van der Waals surface area contributed by atoms with Crippen LogP contribution in [0, 0.1) is 0 Å². The molecule has 0 unspecified atom stereocenters. The molecule has 0 aromatic rings. The molecule has 0 aliphatic heterocycles. The summed E-state index contributed by atoms with van der Waals surface area (Å²) in [5.41, 5.74) is 1.32. The minimum absolute atomic E-state index is 0.111. The Hall–Kier alpha value is 1.08. The van der Waals surface area contributed by atoms with Crippen LogP contribution in [0.3, 0.4) is 0 Å². The van der Waals surface area contributed by atoms with Gasteiger partial charge in [-0.15, -0.1) is 0 Å². The molecular formula is C12H35ClO2Si4. The van der Waals surface area contributed by atoms with Crippen LogP contribution in [0.25, 0.3) is 0 Å². The van der Waals surface area contributed by atoms with Crippen LogP contribution in [-0.4, -0.2) is 34.7 Å². The molecule has 7 heteroatoms. The van der Waals surface area contributed by atoms with Crippen LogP contribution in [-0.2, 0) is 8.23 Å². The van der Waals surface area contributed by atoms with Crippen LogP contribution in [0.2, 0.25) is 50.4 Å². The Bertz CT molecular complexity index is 214. The van der Waals surface area contributed by atoms with E-state index in [2.05, 4.69) is 60.4 Å². The Balaban J connectivity index is 0. The molecule has 0 N–H and O–H groups in total. The first kappa shape index (κ1) is 22.4. The molecule has 0 aliphatic carbocycles. The zero-order chi connectivity index (χ0) is 15.9. The van der Waals surface area contributed by atoms with Crippen molar-refractivity contribution in [1.82, 2.24) is 0 Å². The molecular weight excluding hydrogens is 324 g/mol. The van der Waals surface area contributed by atoms with Crippen LogP contribution < -0.4 is 0 Å². The Kier molecular flexibility index (Phi) is 11.7. The van der Waals surface area contributed by atoms with E-state index in [0.717, 1.165) is 0 Å². The summed E-state index contributed by atoms with van der Waals surface area (Å²) in [4.78, 5) is 0. The second kappa shape index (κ2) is 9.91. The van der Waals surface area contributed by atoms with Crippen molar-refractivity contribution in [2.24, 2.45) is 0 Å². The standard InChI is InChI=1S/C11H30O2Si3.CH5ClSi/c1-10(2)15(6,7)12-14(5)13-16(8,9)11(3)4;1-3-2/h10-11,14H,1-9H3;3H2,1H3. The summed E-state index contributed by atoms with van der Waals surface area (Å²) < 4.78 is 12.6. The maximum absolute atomic E-state index is 6.28. The molecule has 0 bridgehead atoms. The van der Waals surface area contributed by atoms with Crippen molar-refractivity contribution < 1.29 is 8.23 Å². The zero-order valence-corrected chi connectivity index (χ0v) is 20.0. The van der Waals surface area contributed by atoms with E-state index in [-0.39, 0.29) is 8.83 Å². The van der Waals surface area contributed by atoms with Gasteiger partial charge < -0.3 is 8.23 Å². The Morgan fingerprint density at radius 1 is 0.895 bits per heavy atom. The van der Waals surface area contributed by atoms with Gasteiger partial charge in [-0.25, -0.2) is 0 Å². The summed E-state index contributed by atoms with van der Waals surface area (Å²) >= 11 is 5.14. The first-order chi connectivity index (χ1) is 8.40. The van der Waals surface area contributed by atoms with E-state index in [1.54, 1.807) is 0 Å². The lowest BCUT2D eigenvalue weighted by Crippen LogP contribution is -2.46. The molecule has 0 aromatic heterocycles. The number of rotatable bonds is 6. The van der Waals surface area contributed by atoms with Gasteiger partial charge in [-0.2, -0.15) is 11.1 Å². The Morgan fingerprint density at radius 3 is 1.26 bits per heavy atom. The summed E-state index contributed by atoms with van der Waals surface area (Å²) in [7, 11) is -4.59. The fourth-order valence-electron chi connectivity index (χ4n) is 1.15. The maximum Gasteiger partial charge on any atom is 0.297 e. The summed E-state index contributed by atoms with van der Waals surface area (Å²) in [5.74, 6) is 0. The lowest BCUT2D eigenvalue weighted by molar-refractivity contribution is 0.410. The summed E-state index contributed by atoms with van der Waals surface area (Å²) in [5, 5.41) is 0. The highest BCUT2D eigenvalue weighted by molar-refractivity contribution is 6.92. The highest BCUT2D eigenvalue weighted by atomic mass is 35.6. The Morgan fingerprint density at radius 2 is 1.11 bits per heavy atom. The largest absolute Gasteiger partial charge is 0.438 e. The third kappa shape index (κ3) is 10.4. The molecule has 19 heavy (non-hydrogen) atoms. The fourth-order valence-corrected chi connectivity index (χ4v) is 10.8. The SMILES string of the molecule is CC(C)[Si](C)(C)O[SiH](C)O[Si](C)(C)C(C)C.C[SiH2]Cl. The van der Waals surface area contributed by atoms with Gasteiger partial charge >= 0.3 is 0 Å². The molecule has 0 aromatic carbocycles. The molecule has 0 radical (unpaired) electrons. The average Bonchev–Trinajstić information content (AvgIpc) is 2.15. The molecule has 0 atom stereocenters. The molecule has 0 aliphatic rings. The van der Waals surface area contributed by atoms with Gasteiger partial charge in [0.1, 0.15) is 8.83 Å². The zero-order valence-electron chi connectivity index (χ0n) is 14.6. The van der Waals surface area contributed by atoms with Crippen LogP contribution in [0.1, 0.15) is 27.7 Å². The summed E-state index contributed by atoms with van der Waals surface area (Å²) in [6.07, 6.45) is 0. The van der Waals surface area contributed by atoms with Crippen LogP contribution in [0.15, 0.2) is 0 Å². The fraction of sp³-hybridized carbons (Fsp3) is 1.00. The average molecular weight is 359 g/mol. The van der Waals surface area contributed by atoms with Gasteiger partial charge in [0.2, 0.25) is 0 Å². The van der Waals surface area contributed by atoms with E-state index in [1.807, 2.05) is 6.55 Å². The molecule has 0 amide bonds. The van der Waals surface area contributed by atoms with E-state index in [1.165, 1.54) is 0 Å². The highest BCUT2D eigenvalue weighted by Gasteiger charge is 2.34. The third-order valence-corrected chi connectivity index (χ3v) is 16.8. The van der Waals surface area contributed by atoms with Crippen molar-refractivity contribution >= 4 is 45.8 Å². The first-order valence-corrected chi connectivity index (χ1v) is 18.9. The minimum atomic E-state index is -1.52. The van der Waals surface area contributed by atoms with E-state index >= 15 is 0 Å². The Labute approximate surface area is 132 Å². The predicted molar refractivity (Wildman–Crippen MR) is 101 cm³/mol. The van der Waals surface area contributed by atoms with E-state index in [0.29, 0.717) is 11.1 Å².